The van der Waals surface area contributed by atoms with Crippen LogP contribution in [0.2, 0.25) is 0 Å². The van der Waals surface area contributed by atoms with Crippen molar-refractivity contribution in [2.24, 2.45) is 11.7 Å². The monoisotopic (exact) mass is 619 g/mol. The number of carbonyl (C=O) groups excluding carboxylic acids is 3. The molecular weight excluding hydrogens is 578 g/mol. The number of amides is 1. The fourth-order valence-corrected chi connectivity index (χ4v) is 4.10. The minimum Gasteiger partial charge on any atom is -0.487 e. The standard InChI is InChI=1S/C31H41NO10S/c1-30(2,3)41-26(33)19-24(29(35)42-31(4,5)6)23(28(32)34)18-22-14-11-15-25(39-20-21-12-9-8-10-13-21)27(22)38-16-17-40-43(7,36)37/h8-15,18,24H,16-17,19-20H2,1-7H3,(H2,32,34)/b23-18+. The fourth-order valence-electron chi connectivity index (χ4n) is 3.73. The number of para-hydroxylation sites is 1. The summed E-state index contributed by atoms with van der Waals surface area (Å²) in [4.78, 5) is 38.9. The Morgan fingerprint density at radius 2 is 1.49 bits per heavy atom. The van der Waals surface area contributed by atoms with Crippen molar-refractivity contribution in [2.45, 2.75) is 65.8 Å². The van der Waals surface area contributed by atoms with E-state index in [1.165, 1.54) is 6.08 Å². The normalized spacial score (nSPS) is 13.1. The van der Waals surface area contributed by atoms with Gasteiger partial charge in [-0.3, -0.25) is 18.6 Å². The predicted octanol–water partition coefficient (Wildman–Crippen LogP) is 4.18. The van der Waals surface area contributed by atoms with Crippen molar-refractivity contribution < 1.29 is 45.9 Å². The van der Waals surface area contributed by atoms with Crippen LogP contribution in [0.1, 0.15) is 59.1 Å². The van der Waals surface area contributed by atoms with E-state index in [9.17, 15) is 22.8 Å². The van der Waals surface area contributed by atoms with Crippen LogP contribution in [0.3, 0.4) is 0 Å². The molecule has 2 N–H and O–H groups in total. The second-order valence-electron chi connectivity index (χ2n) is 11.7. The van der Waals surface area contributed by atoms with Gasteiger partial charge >= 0.3 is 11.9 Å². The lowest BCUT2D eigenvalue weighted by molar-refractivity contribution is -0.166. The highest BCUT2D eigenvalue weighted by molar-refractivity contribution is 7.85. The summed E-state index contributed by atoms with van der Waals surface area (Å²) in [7, 11) is -3.72. The first-order chi connectivity index (χ1) is 19.8. The van der Waals surface area contributed by atoms with Gasteiger partial charge in [0.2, 0.25) is 5.91 Å². The molecule has 0 aromatic heterocycles. The summed E-state index contributed by atoms with van der Waals surface area (Å²) in [6, 6.07) is 14.2. The van der Waals surface area contributed by atoms with Crippen LogP contribution in [0.4, 0.5) is 0 Å². The molecule has 11 nitrogen and oxygen atoms in total. The Hall–Kier alpha value is -3.90. The lowest BCUT2D eigenvalue weighted by Crippen LogP contribution is -2.35. The molecule has 0 aliphatic heterocycles. The molecule has 0 radical (unpaired) electrons. The van der Waals surface area contributed by atoms with Crippen LogP contribution in [0.15, 0.2) is 54.1 Å². The largest absolute Gasteiger partial charge is 0.487 e. The van der Waals surface area contributed by atoms with E-state index >= 15 is 0 Å². The molecule has 2 aromatic carbocycles. The summed E-state index contributed by atoms with van der Waals surface area (Å²) in [5, 5.41) is 0. The second-order valence-corrected chi connectivity index (χ2v) is 13.3. The Balaban J connectivity index is 2.58. The van der Waals surface area contributed by atoms with E-state index in [-0.39, 0.29) is 42.5 Å². The number of primary amides is 1. The van der Waals surface area contributed by atoms with Crippen molar-refractivity contribution in [2.75, 3.05) is 19.5 Å². The highest BCUT2D eigenvalue weighted by Gasteiger charge is 2.34. The van der Waals surface area contributed by atoms with Crippen molar-refractivity contribution in [3.63, 3.8) is 0 Å². The van der Waals surface area contributed by atoms with Gasteiger partial charge in [-0.2, -0.15) is 8.42 Å². The zero-order valence-electron chi connectivity index (χ0n) is 25.7. The Bertz CT molecular complexity index is 1400. The third kappa shape index (κ3) is 13.3. The predicted molar refractivity (Wildman–Crippen MR) is 160 cm³/mol. The quantitative estimate of drug-likeness (QED) is 0.141. The number of benzene rings is 2. The molecule has 0 fully saturated rings. The van der Waals surface area contributed by atoms with Gasteiger partial charge in [-0.15, -0.1) is 0 Å². The van der Waals surface area contributed by atoms with Gasteiger partial charge in [0.25, 0.3) is 10.1 Å². The summed E-state index contributed by atoms with van der Waals surface area (Å²) in [6.07, 6.45) is 1.73. The van der Waals surface area contributed by atoms with Gasteiger partial charge in [0.1, 0.15) is 31.0 Å². The Labute approximate surface area is 253 Å². The summed E-state index contributed by atoms with van der Waals surface area (Å²) >= 11 is 0. The number of hydrogen-bond acceptors (Lipinski definition) is 10. The van der Waals surface area contributed by atoms with Gasteiger partial charge in [-0.1, -0.05) is 42.5 Å². The minimum absolute atomic E-state index is 0.134. The summed E-state index contributed by atoms with van der Waals surface area (Å²) in [5.41, 5.74) is 4.91. The number of hydrogen-bond donors (Lipinski definition) is 1. The molecule has 2 rings (SSSR count). The van der Waals surface area contributed by atoms with Crippen molar-refractivity contribution >= 4 is 34.0 Å². The average molecular weight is 620 g/mol. The molecule has 0 heterocycles. The van der Waals surface area contributed by atoms with Gasteiger partial charge in [0.15, 0.2) is 11.5 Å². The van der Waals surface area contributed by atoms with Crippen LogP contribution in [0, 0.1) is 5.92 Å². The molecule has 1 atom stereocenters. The summed E-state index contributed by atoms with van der Waals surface area (Å²) < 4.78 is 50.4. The van der Waals surface area contributed by atoms with Gasteiger partial charge in [-0.05, 0) is 59.2 Å². The van der Waals surface area contributed by atoms with Crippen LogP contribution in [0.5, 0.6) is 11.5 Å². The number of nitrogens with two attached hydrogens (primary N) is 1. The lowest BCUT2D eigenvalue weighted by Gasteiger charge is -2.26. The van der Waals surface area contributed by atoms with Gasteiger partial charge in [-0.25, -0.2) is 0 Å². The van der Waals surface area contributed by atoms with Crippen LogP contribution >= 0.6 is 0 Å². The molecule has 1 unspecified atom stereocenters. The second kappa shape index (κ2) is 15.0. The molecule has 43 heavy (non-hydrogen) atoms. The van der Waals surface area contributed by atoms with E-state index in [1.807, 2.05) is 30.3 Å². The molecule has 0 bridgehead atoms. The summed E-state index contributed by atoms with van der Waals surface area (Å²) in [5.74, 6) is -3.55. The maximum absolute atomic E-state index is 13.3. The smallest absolute Gasteiger partial charge is 0.314 e. The highest BCUT2D eigenvalue weighted by atomic mass is 32.2. The molecule has 0 spiro atoms. The molecule has 0 aliphatic rings. The van der Waals surface area contributed by atoms with Crippen LogP contribution < -0.4 is 15.2 Å². The Morgan fingerprint density at radius 3 is 2.05 bits per heavy atom. The third-order valence-electron chi connectivity index (χ3n) is 5.33. The maximum atomic E-state index is 13.3. The topological polar surface area (TPSA) is 158 Å². The van der Waals surface area contributed by atoms with E-state index < -0.39 is 51.5 Å². The number of ether oxygens (including phenoxy) is 4. The number of carbonyl (C=O) groups is 3. The van der Waals surface area contributed by atoms with E-state index in [4.69, 9.17) is 28.9 Å². The molecular formula is C31H41NO10S. The number of rotatable bonds is 14. The fraction of sp³-hybridized carbons (Fsp3) is 0.452. The molecule has 12 heteroatoms. The van der Waals surface area contributed by atoms with Crippen LogP contribution in [-0.2, 0) is 44.8 Å². The van der Waals surface area contributed by atoms with Crippen molar-refractivity contribution in [1.82, 2.24) is 0 Å². The first kappa shape index (κ1) is 35.3. The Kier molecular flexibility index (Phi) is 12.3. The first-order valence-electron chi connectivity index (χ1n) is 13.6. The molecule has 2 aromatic rings. The van der Waals surface area contributed by atoms with E-state index in [0.29, 0.717) is 0 Å². The number of esters is 2. The zero-order valence-corrected chi connectivity index (χ0v) is 26.5. The average Bonchev–Trinajstić information content (AvgIpc) is 2.85. The van der Waals surface area contributed by atoms with Gasteiger partial charge in [0.05, 0.1) is 18.6 Å². The third-order valence-corrected chi connectivity index (χ3v) is 5.92. The van der Waals surface area contributed by atoms with E-state index in [1.54, 1.807) is 59.7 Å². The van der Waals surface area contributed by atoms with E-state index in [0.717, 1.165) is 11.8 Å². The molecule has 0 aliphatic carbocycles. The molecule has 1 amide bonds. The van der Waals surface area contributed by atoms with E-state index in [2.05, 4.69) is 0 Å². The van der Waals surface area contributed by atoms with Gasteiger partial charge in [0, 0.05) is 11.1 Å². The molecule has 0 saturated carbocycles. The zero-order chi connectivity index (χ0) is 32.4. The Morgan fingerprint density at radius 1 is 0.860 bits per heavy atom. The molecule has 236 valence electrons. The SMILES string of the molecule is CC(C)(C)OC(=O)CC(C(=O)OC(C)(C)C)/C(=C\c1cccc(OCc2ccccc2)c1OCCOS(C)(=O)=O)C(N)=O. The van der Waals surface area contributed by atoms with Crippen molar-refractivity contribution in [1.29, 1.82) is 0 Å². The summed E-state index contributed by atoms with van der Waals surface area (Å²) in [6.45, 7) is 9.67. The first-order valence-corrected chi connectivity index (χ1v) is 15.4. The highest BCUT2D eigenvalue weighted by Crippen LogP contribution is 2.35. The van der Waals surface area contributed by atoms with Gasteiger partial charge < -0.3 is 24.7 Å². The maximum Gasteiger partial charge on any atom is 0.314 e. The van der Waals surface area contributed by atoms with Crippen molar-refractivity contribution in [3.05, 3.63) is 65.2 Å². The van der Waals surface area contributed by atoms with Crippen LogP contribution in [0.25, 0.3) is 6.08 Å². The minimum atomic E-state index is -3.72. The van der Waals surface area contributed by atoms with Crippen LogP contribution in [-0.4, -0.2) is 56.9 Å². The molecule has 0 saturated heterocycles. The van der Waals surface area contributed by atoms with Crippen molar-refractivity contribution in [3.8, 4) is 11.5 Å². The lowest BCUT2D eigenvalue weighted by atomic mass is 9.92.